The van der Waals surface area contributed by atoms with Gasteiger partial charge in [0.2, 0.25) is 5.78 Å². The van der Waals surface area contributed by atoms with Gasteiger partial charge in [0.25, 0.3) is 5.91 Å². The van der Waals surface area contributed by atoms with Crippen LogP contribution < -0.4 is 5.32 Å². The number of hydrogen-bond acceptors (Lipinski definition) is 5. The van der Waals surface area contributed by atoms with E-state index in [0.717, 1.165) is 0 Å². The first kappa shape index (κ1) is 15.2. The molecule has 0 aromatic heterocycles. The minimum atomic E-state index is -0.933. The van der Waals surface area contributed by atoms with E-state index in [2.05, 4.69) is 10.1 Å². The Morgan fingerprint density at radius 2 is 1.90 bits per heavy atom. The molecule has 1 N–H and O–H groups in total. The number of ketones is 2. The minimum absolute atomic E-state index is 0.167. The van der Waals surface area contributed by atoms with Crippen molar-refractivity contribution in [3.63, 3.8) is 0 Å². The fraction of sp³-hybridized carbons (Fsp3) is 0.286. The molecular weight excluding hydrogens is 298 g/mol. The summed E-state index contributed by atoms with van der Waals surface area (Å²) in [6.07, 6.45) is -0.358. The summed E-state index contributed by atoms with van der Waals surface area (Å²) in [5.74, 6) is -3.95. The van der Waals surface area contributed by atoms with Crippen molar-refractivity contribution in [1.29, 1.82) is 0 Å². The number of amides is 1. The first-order valence-corrected chi connectivity index (χ1v) is 6.64. The van der Waals surface area contributed by atoms with Gasteiger partial charge in [-0.05, 0) is 24.3 Å². The maximum Gasteiger partial charge on any atom is 0.316 e. The van der Waals surface area contributed by atoms with E-state index in [1.54, 1.807) is 12.1 Å². The quantitative estimate of drug-likeness (QED) is 0.504. The first-order valence-electron chi connectivity index (χ1n) is 6.26. The molecule has 2 rings (SSSR count). The Bertz CT molecular complexity index is 596. The number of nitrogens with one attached hydrogen (secondary N) is 1. The minimum Gasteiger partial charge on any atom is -0.465 e. The molecule has 7 heteroatoms. The number of esters is 1. The van der Waals surface area contributed by atoms with Crippen LogP contribution in [-0.2, 0) is 23.9 Å². The Hall–Kier alpha value is -2.21. The number of hydrogen-bond donors (Lipinski definition) is 1. The molecule has 1 atom stereocenters. The molecule has 0 aliphatic carbocycles. The van der Waals surface area contributed by atoms with E-state index in [9.17, 15) is 19.2 Å². The van der Waals surface area contributed by atoms with E-state index in [1.165, 1.54) is 12.1 Å². The van der Waals surface area contributed by atoms with Gasteiger partial charge in [0.05, 0.1) is 13.0 Å². The van der Waals surface area contributed by atoms with Gasteiger partial charge in [-0.15, -0.1) is 0 Å². The van der Waals surface area contributed by atoms with Crippen molar-refractivity contribution in [3.05, 3.63) is 29.3 Å². The molecule has 0 saturated carbocycles. The highest BCUT2D eigenvalue weighted by atomic mass is 35.5. The zero-order valence-electron chi connectivity index (χ0n) is 10.9. The number of Topliss-reactive ketones (excluding diaryl/α,β-unsaturated/α-hetero) is 2. The van der Waals surface area contributed by atoms with Crippen LogP contribution in [0.2, 0.25) is 5.02 Å². The summed E-state index contributed by atoms with van der Waals surface area (Å²) in [5, 5.41) is 2.86. The maximum atomic E-state index is 11.7. The number of carbonyl (C=O) groups is 4. The van der Waals surface area contributed by atoms with Crippen molar-refractivity contribution < 1.29 is 23.9 Å². The average Bonchev–Trinajstić information content (AvgIpc) is 2.87. The molecule has 1 aromatic rings. The van der Waals surface area contributed by atoms with Gasteiger partial charge in [-0.25, -0.2) is 0 Å². The van der Waals surface area contributed by atoms with Crippen molar-refractivity contribution in [3.8, 4) is 0 Å². The molecule has 0 unspecified atom stereocenters. The Labute approximate surface area is 125 Å². The highest BCUT2D eigenvalue weighted by Crippen LogP contribution is 2.17. The lowest BCUT2D eigenvalue weighted by molar-refractivity contribution is -0.145. The third-order valence-corrected chi connectivity index (χ3v) is 3.27. The zero-order valence-corrected chi connectivity index (χ0v) is 11.7. The van der Waals surface area contributed by atoms with Gasteiger partial charge < -0.3 is 10.1 Å². The molecule has 1 fully saturated rings. The molecule has 1 saturated heterocycles. The van der Waals surface area contributed by atoms with Crippen molar-refractivity contribution in [2.75, 3.05) is 11.9 Å². The van der Waals surface area contributed by atoms with Crippen LogP contribution >= 0.6 is 11.6 Å². The summed E-state index contributed by atoms with van der Waals surface area (Å²) >= 11 is 5.70. The van der Waals surface area contributed by atoms with E-state index >= 15 is 0 Å². The van der Waals surface area contributed by atoms with Crippen LogP contribution in [0.15, 0.2) is 24.3 Å². The van der Waals surface area contributed by atoms with E-state index in [1.807, 2.05) is 0 Å². The van der Waals surface area contributed by atoms with E-state index < -0.39 is 35.8 Å². The molecule has 110 valence electrons. The van der Waals surface area contributed by atoms with Crippen molar-refractivity contribution in [2.24, 2.45) is 5.92 Å². The lowest BCUT2D eigenvalue weighted by Crippen LogP contribution is -2.29. The second-order valence-electron chi connectivity index (χ2n) is 4.54. The van der Waals surface area contributed by atoms with Crippen LogP contribution in [0.1, 0.15) is 12.8 Å². The number of benzene rings is 1. The summed E-state index contributed by atoms with van der Waals surface area (Å²) < 4.78 is 4.65. The lowest BCUT2D eigenvalue weighted by Gasteiger charge is -2.06. The van der Waals surface area contributed by atoms with Crippen LogP contribution in [0.3, 0.4) is 0 Å². The summed E-state index contributed by atoms with van der Waals surface area (Å²) in [7, 11) is 0. The molecule has 21 heavy (non-hydrogen) atoms. The molecule has 0 radical (unpaired) electrons. The number of carbonyl (C=O) groups excluding carboxylic acids is 4. The molecule has 0 spiro atoms. The highest BCUT2D eigenvalue weighted by molar-refractivity contribution is 6.43. The number of rotatable bonds is 5. The second kappa shape index (κ2) is 6.49. The standard InChI is InChI=1S/C14H12ClNO5/c15-8-1-3-9(4-2-8)16-13(19)12(18)7-11(17)10-5-6-21-14(10)20/h1-4,10H,5-7H2,(H,16,19)/t10-/m1/s1. The van der Waals surface area contributed by atoms with Gasteiger partial charge in [0, 0.05) is 17.1 Å². The predicted molar refractivity (Wildman–Crippen MR) is 73.8 cm³/mol. The maximum absolute atomic E-state index is 11.7. The molecule has 1 aliphatic rings. The number of ether oxygens (including phenoxy) is 1. The molecule has 0 bridgehead atoms. The van der Waals surface area contributed by atoms with Gasteiger partial charge in [0.1, 0.15) is 5.92 Å². The number of anilines is 1. The van der Waals surface area contributed by atoms with Gasteiger partial charge >= 0.3 is 5.97 Å². The van der Waals surface area contributed by atoms with Crippen LogP contribution in [0, 0.1) is 5.92 Å². The Kier molecular flexibility index (Phi) is 4.70. The molecule has 1 amide bonds. The fourth-order valence-electron chi connectivity index (χ4n) is 1.88. The molecule has 1 aromatic carbocycles. The Morgan fingerprint density at radius 3 is 2.48 bits per heavy atom. The Balaban J connectivity index is 1.90. The van der Waals surface area contributed by atoms with Crippen LogP contribution in [0.4, 0.5) is 5.69 Å². The van der Waals surface area contributed by atoms with Crippen molar-refractivity contribution >= 4 is 40.7 Å². The van der Waals surface area contributed by atoms with Crippen LogP contribution in [0.5, 0.6) is 0 Å². The van der Waals surface area contributed by atoms with Gasteiger partial charge in [-0.3, -0.25) is 19.2 Å². The van der Waals surface area contributed by atoms with Crippen molar-refractivity contribution in [2.45, 2.75) is 12.8 Å². The zero-order chi connectivity index (χ0) is 15.4. The summed E-state index contributed by atoms with van der Waals surface area (Å²) in [4.78, 5) is 46.3. The van der Waals surface area contributed by atoms with E-state index in [4.69, 9.17) is 11.6 Å². The average molecular weight is 310 g/mol. The summed E-state index contributed by atoms with van der Waals surface area (Å²) in [5.41, 5.74) is 0.394. The molecular formula is C14H12ClNO5. The van der Waals surface area contributed by atoms with E-state index in [-0.39, 0.29) is 13.0 Å². The number of halogens is 1. The van der Waals surface area contributed by atoms with Crippen LogP contribution in [-0.4, -0.2) is 30.0 Å². The summed E-state index contributed by atoms with van der Waals surface area (Å²) in [6.45, 7) is 0.167. The van der Waals surface area contributed by atoms with E-state index in [0.29, 0.717) is 10.7 Å². The van der Waals surface area contributed by atoms with Crippen LogP contribution in [0.25, 0.3) is 0 Å². The number of cyclic esters (lactones) is 1. The third-order valence-electron chi connectivity index (χ3n) is 3.01. The largest absolute Gasteiger partial charge is 0.465 e. The van der Waals surface area contributed by atoms with Gasteiger partial charge in [0.15, 0.2) is 5.78 Å². The fourth-order valence-corrected chi connectivity index (χ4v) is 2.01. The Morgan fingerprint density at radius 1 is 1.24 bits per heavy atom. The molecule has 1 aliphatic heterocycles. The molecule has 6 nitrogen and oxygen atoms in total. The SMILES string of the molecule is O=C(CC(=O)[C@H]1CCOC1=O)C(=O)Nc1ccc(Cl)cc1. The smallest absolute Gasteiger partial charge is 0.316 e. The monoisotopic (exact) mass is 309 g/mol. The predicted octanol–water partition coefficient (Wildman–Crippen LogP) is 1.37. The highest BCUT2D eigenvalue weighted by Gasteiger charge is 2.34. The van der Waals surface area contributed by atoms with Crippen molar-refractivity contribution in [1.82, 2.24) is 0 Å². The summed E-state index contributed by atoms with van der Waals surface area (Å²) in [6, 6.07) is 6.18. The lowest BCUT2D eigenvalue weighted by atomic mass is 9.98. The van der Waals surface area contributed by atoms with Gasteiger partial charge in [-0.1, -0.05) is 11.6 Å². The third kappa shape index (κ3) is 3.88. The second-order valence-corrected chi connectivity index (χ2v) is 4.97. The molecule has 1 heterocycles. The topological polar surface area (TPSA) is 89.5 Å². The first-order chi connectivity index (χ1) is 9.97. The van der Waals surface area contributed by atoms with Gasteiger partial charge in [-0.2, -0.15) is 0 Å². The normalized spacial score (nSPS) is 17.2.